The van der Waals surface area contributed by atoms with Crippen molar-refractivity contribution >= 4 is 26.6 Å². The van der Waals surface area contributed by atoms with Gasteiger partial charge in [0.1, 0.15) is 17.2 Å². The third-order valence-electron chi connectivity index (χ3n) is 4.96. The molecule has 0 radical (unpaired) electrons. The molecule has 0 bridgehead atoms. The molecule has 0 N–H and O–H groups in total. The third-order valence-corrected chi connectivity index (χ3v) is 6.48. The van der Waals surface area contributed by atoms with Crippen LogP contribution in [0.3, 0.4) is 0 Å². The molecular weight excluding hydrogens is 391 g/mol. The van der Waals surface area contributed by atoms with Crippen molar-refractivity contribution in [1.82, 2.24) is 0 Å². The molecule has 154 valence electrons. The smallest absolute Gasteiger partial charge is 0.219 e. The molecule has 0 atom stereocenters. The molecule has 0 aliphatic heterocycles. The number of Topliss-reactive ketones (excluding diaryl/α,β-unsaturated/α-hetero) is 1. The van der Waals surface area contributed by atoms with Crippen molar-refractivity contribution in [1.29, 1.82) is 0 Å². The minimum Gasteiger partial charge on any atom is -0.445 e. The molecule has 3 aromatic rings. The Morgan fingerprint density at radius 2 is 1.59 bits per heavy atom. The molecule has 2 aromatic carbocycles. The maximum Gasteiger partial charge on any atom is 0.219 e. The summed E-state index contributed by atoms with van der Waals surface area (Å²) in [5.74, 6) is -1.42. The first kappa shape index (κ1) is 21.2. The lowest BCUT2D eigenvalue weighted by atomic mass is 9.86. The maximum atomic E-state index is 14.1. The molecular formula is C23H25FO4S. The molecule has 3 rings (SSSR count). The number of fused-ring (bicyclic) bond motifs is 1. The molecule has 29 heavy (non-hydrogen) atoms. The Kier molecular flexibility index (Phi) is 5.94. The Balaban J connectivity index is 1.90. The van der Waals surface area contributed by atoms with E-state index in [1.807, 2.05) is 27.7 Å². The average Bonchev–Trinajstić information content (AvgIpc) is 3.07. The topological polar surface area (TPSA) is 64.3 Å². The summed E-state index contributed by atoms with van der Waals surface area (Å²) in [6.45, 7) is 7.71. The Morgan fingerprint density at radius 3 is 2.14 bits per heavy atom. The predicted molar refractivity (Wildman–Crippen MR) is 112 cm³/mol. The molecule has 0 saturated heterocycles. The molecule has 0 aliphatic carbocycles. The van der Waals surface area contributed by atoms with Crippen molar-refractivity contribution in [3.8, 4) is 0 Å². The van der Waals surface area contributed by atoms with Crippen LogP contribution in [0.25, 0.3) is 11.0 Å². The highest BCUT2D eigenvalue weighted by Gasteiger charge is 2.26. The third kappa shape index (κ3) is 4.58. The van der Waals surface area contributed by atoms with Crippen LogP contribution in [0.15, 0.2) is 52.0 Å². The number of benzene rings is 2. The summed E-state index contributed by atoms with van der Waals surface area (Å²) < 4.78 is 44.9. The van der Waals surface area contributed by atoms with Gasteiger partial charge in [0.2, 0.25) is 14.9 Å². The second-order valence-corrected chi connectivity index (χ2v) is 9.87. The molecule has 0 saturated carbocycles. The Bertz CT molecular complexity index is 1090. The highest BCUT2D eigenvalue weighted by Crippen LogP contribution is 2.30. The number of halogens is 1. The van der Waals surface area contributed by atoms with Crippen LogP contribution in [0.1, 0.15) is 56.2 Å². The van der Waals surface area contributed by atoms with Gasteiger partial charge in [0.25, 0.3) is 0 Å². The van der Waals surface area contributed by atoms with Crippen LogP contribution in [-0.2, 0) is 21.1 Å². The van der Waals surface area contributed by atoms with Gasteiger partial charge in [0.05, 0.1) is 0 Å². The van der Waals surface area contributed by atoms with E-state index in [1.165, 1.54) is 18.2 Å². The monoisotopic (exact) mass is 416 g/mol. The van der Waals surface area contributed by atoms with Gasteiger partial charge in [-0.25, -0.2) is 12.8 Å². The maximum absolute atomic E-state index is 14.1. The summed E-state index contributed by atoms with van der Waals surface area (Å²) >= 11 is 0. The van der Waals surface area contributed by atoms with Crippen molar-refractivity contribution in [2.45, 2.75) is 51.0 Å². The first-order chi connectivity index (χ1) is 13.6. The van der Waals surface area contributed by atoms with E-state index < -0.39 is 21.4 Å². The van der Waals surface area contributed by atoms with Crippen molar-refractivity contribution < 1.29 is 22.0 Å². The molecule has 6 heteroatoms. The number of ketones is 1. The summed E-state index contributed by atoms with van der Waals surface area (Å²) in [6, 6.07) is 11.3. The average molecular weight is 417 g/mol. The molecule has 1 aromatic heterocycles. The van der Waals surface area contributed by atoms with Gasteiger partial charge in [0, 0.05) is 17.9 Å². The highest BCUT2D eigenvalue weighted by molar-refractivity contribution is 7.92. The number of para-hydroxylation sites is 1. The normalized spacial score (nSPS) is 12.2. The summed E-state index contributed by atoms with van der Waals surface area (Å²) in [6.07, 6.45) is -0.0548. The van der Waals surface area contributed by atoms with Gasteiger partial charge in [-0.1, -0.05) is 45.9 Å². The lowest BCUT2D eigenvalue weighted by molar-refractivity contribution is -0.116. The lowest BCUT2D eigenvalue weighted by Gasteiger charge is -2.19. The van der Waals surface area contributed by atoms with Gasteiger partial charge in [-0.2, -0.15) is 0 Å². The second kappa shape index (κ2) is 8.11. The van der Waals surface area contributed by atoms with Crippen LogP contribution in [0, 0.1) is 5.82 Å². The number of carbonyl (C=O) groups is 1. The summed E-state index contributed by atoms with van der Waals surface area (Å²) in [4.78, 5) is 12.7. The zero-order valence-electron chi connectivity index (χ0n) is 17.0. The predicted octanol–water partition coefficient (Wildman–Crippen LogP) is 5.40. The Hall–Kier alpha value is -2.47. The van der Waals surface area contributed by atoms with E-state index in [2.05, 4.69) is 0 Å². The fraction of sp³-hybridized carbons (Fsp3) is 0.348. The quantitative estimate of drug-likeness (QED) is 0.517. The fourth-order valence-corrected chi connectivity index (χ4v) is 4.75. The van der Waals surface area contributed by atoms with Gasteiger partial charge in [-0.05, 0) is 46.7 Å². The van der Waals surface area contributed by atoms with Crippen LogP contribution < -0.4 is 0 Å². The van der Waals surface area contributed by atoms with E-state index in [0.717, 1.165) is 16.7 Å². The molecule has 0 fully saturated rings. The van der Waals surface area contributed by atoms with E-state index in [-0.39, 0.29) is 29.2 Å². The molecule has 1 heterocycles. The SMILES string of the molecule is CC(C)c1cc(F)cc(C(C)C)c1CC(=O)CS(=O)(=O)c1cc2ccccc2o1. The first-order valence-corrected chi connectivity index (χ1v) is 11.3. The van der Waals surface area contributed by atoms with Gasteiger partial charge >= 0.3 is 0 Å². The number of rotatable bonds is 7. The van der Waals surface area contributed by atoms with Gasteiger partial charge in [-0.15, -0.1) is 0 Å². The summed E-state index contributed by atoms with van der Waals surface area (Å²) in [7, 11) is -3.91. The fourth-order valence-electron chi connectivity index (χ4n) is 3.56. The Labute approximate surface area is 170 Å². The minimum absolute atomic E-state index is 0.0120. The largest absolute Gasteiger partial charge is 0.445 e. The molecule has 0 amide bonds. The van der Waals surface area contributed by atoms with Crippen molar-refractivity contribution in [2.75, 3.05) is 5.75 Å². The van der Waals surface area contributed by atoms with Crippen LogP contribution in [0.2, 0.25) is 0 Å². The van der Waals surface area contributed by atoms with Crippen LogP contribution >= 0.6 is 0 Å². The summed E-state index contributed by atoms with van der Waals surface area (Å²) in [5, 5.41) is 0.459. The molecule has 4 nitrogen and oxygen atoms in total. The van der Waals surface area contributed by atoms with E-state index in [4.69, 9.17) is 4.42 Å². The van der Waals surface area contributed by atoms with E-state index in [0.29, 0.717) is 11.0 Å². The number of hydrogen-bond acceptors (Lipinski definition) is 4. The molecule has 0 aliphatic rings. The van der Waals surface area contributed by atoms with Crippen LogP contribution in [0.5, 0.6) is 0 Å². The standard InChI is InChI=1S/C23H25FO4S/c1-14(2)19-10-17(24)11-20(15(3)4)21(19)12-18(25)13-29(26,27)23-9-16-7-5-6-8-22(16)28-23/h5-11,14-15H,12-13H2,1-4H3. The van der Waals surface area contributed by atoms with Crippen LogP contribution in [-0.4, -0.2) is 20.0 Å². The van der Waals surface area contributed by atoms with E-state index in [1.54, 1.807) is 24.3 Å². The highest BCUT2D eigenvalue weighted by atomic mass is 32.2. The van der Waals surface area contributed by atoms with Gasteiger partial charge < -0.3 is 4.42 Å². The molecule has 0 unspecified atom stereocenters. The van der Waals surface area contributed by atoms with Crippen molar-refractivity contribution in [2.24, 2.45) is 0 Å². The van der Waals surface area contributed by atoms with Gasteiger partial charge in [-0.3, -0.25) is 4.79 Å². The van der Waals surface area contributed by atoms with Crippen molar-refractivity contribution in [3.05, 3.63) is 65.0 Å². The molecule has 0 spiro atoms. The second-order valence-electron chi connectivity index (χ2n) is 7.95. The number of furan rings is 1. The lowest BCUT2D eigenvalue weighted by Crippen LogP contribution is -2.19. The van der Waals surface area contributed by atoms with Crippen molar-refractivity contribution in [3.63, 3.8) is 0 Å². The summed E-state index contributed by atoms with van der Waals surface area (Å²) in [5.41, 5.74) is 2.66. The van der Waals surface area contributed by atoms with Gasteiger partial charge in [0.15, 0.2) is 5.78 Å². The van der Waals surface area contributed by atoms with Crippen LogP contribution in [0.4, 0.5) is 4.39 Å². The zero-order valence-corrected chi connectivity index (χ0v) is 17.8. The van der Waals surface area contributed by atoms with E-state index in [9.17, 15) is 17.6 Å². The zero-order chi connectivity index (χ0) is 21.3. The number of hydrogen-bond donors (Lipinski definition) is 0. The van der Waals surface area contributed by atoms with E-state index >= 15 is 0 Å². The number of carbonyl (C=O) groups excluding carboxylic acids is 1. The first-order valence-electron chi connectivity index (χ1n) is 9.63. The minimum atomic E-state index is -3.91. The number of sulfone groups is 1. The Morgan fingerprint density at radius 1 is 1.00 bits per heavy atom.